The van der Waals surface area contributed by atoms with Gasteiger partial charge < -0.3 is 5.32 Å². The number of amides is 1. The first kappa shape index (κ1) is 15.9. The second kappa shape index (κ2) is 6.62. The fraction of sp³-hybridized carbons (Fsp3) is 0.167. The van der Waals surface area contributed by atoms with E-state index in [0.29, 0.717) is 16.9 Å². The molecule has 1 aromatic carbocycles. The third-order valence-corrected chi connectivity index (χ3v) is 3.63. The second-order valence-corrected chi connectivity index (χ2v) is 5.52. The zero-order chi connectivity index (χ0) is 17.1. The highest BCUT2D eigenvalue weighted by Gasteiger charge is 2.09. The number of aromatic nitrogens is 3. The Morgan fingerprint density at radius 3 is 2.62 bits per heavy atom. The molecular formula is C18H17FN4O. The molecule has 5 nitrogen and oxygen atoms in total. The first-order valence-corrected chi connectivity index (χ1v) is 7.56. The summed E-state index contributed by atoms with van der Waals surface area (Å²) >= 11 is 0. The van der Waals surface area contributed by atoms with E-state index in [1.165, 1.54) is 12.3 Å². The zero-order valence-electron chi connectivity index (χ0n) is 13.5. The Hall–Kier alpha value is -3.02. The number of nitrogens with one attached hydrogen (secondary N) is 1. The van der Waals surface area contributed by atoms with Crippen LogP contribution in [-0.2, 0) is 6.54 Å². The molecule has 0 bridgehead atoms. The first-order valence-electron chi connectivity index (χ1n) is 7.56. The fourth-order valence-electron chi connectivity index (χ4n) is 2.43. The van der Waals surface area contributed by atoms with Gasteiger partial charge in [-0.2, -0.15) is 5.10 Å². The number of pyridine rings is 1. The highest BCUT2D eigenvalue weighted by molar-refractivity contribution is 5.93. The minimum absolute atomic E-state index is 0.130. The molecule has 0 fully saturated rings. The normalized spacial score (nSPS) is 10.6. The molecule has 0 aliphatic carbocycles. The number of benzene rings is 1. The Morgan fingerprint density at radius 2 is 2.00 bits per heavy atom. The van der Waals surface area contributed by atoms with Gasteiger partial charge in [-0.05, 0) is 38.1 Å². The molecule has 0 aliphatic heterocycles. The van der Waals surface area contributed by atoms with Crippen LogP contribution in [0.15, 0.2) is 48.7 Å². The SMILES string of the molecule is Cc1cc(C)n(-c2ccc(C(=O)NCc3ccccc3F)cn2)n1. The van der Waals surface area contributed by atoms with Gasteiger partial charge in [0, 0.05) is 24.0 Å². The van der Waals surface area contributed by atoms with Gasteiger partial charge in [-0.3, -0.25) is 4.79 Å². The summed E-state index contributed by atoms with van der Waals surface area (Å²) in [6.45, 7) is 3.98. The third-order valence-electron chi connectivity index (χ3n) is 3.63. The maximum atomic E-state index is 13.5. The number of halogens is 1. The van der Waals surface area contributed by atoms with E-state index in [1.54, 1.807) is 35.0 Å². The minimum Gasteiger partial charge on any atom is -0.348 e. The Balaban J connectivity index is 1.70. The van der Waals surface area contributed by atoms with Crippen molar-refractivity contribution in [2.24, 2.45) is 0 Å². The summed E-state index contributed by atoms with van der Waals surface area (Å²) in [6.07, 6.45) is 1.49. The van der Waals surface area contributed by atoms with Crippen LogP contribution in [0.5, 0.6) is 0 Å². The van der Waals surface area contributed by atoms with Crippen molar-refractivity contribution in [3.05, 3.63) is 77.0 Å². The van der Waals surface area contributed by atoms with E-state index in [-0.39, 0.29) is 18.3 Å². The minimum atomic E-state index is -0.337. The molecule has 0 aliphatic rings. The van der Waals surface area contributed by atoms with E-state index in [4.69, 9.17) is 0 Å². The maximum absolute atomic E-state index is 13.5. The Labute approximate surface area is 139 Å². The van der Waals surface area contributed by atoms with Crippen molar-refractivity contribution in [2.75, 3.05) is 0 Å². The van der Waals surface area contributed by atoms with E-state index in [1.807, 2.05) is 19.9 Å². The maximum Gasteiger partial charge on any atom is 0.253 e. The molecule has 1 N–H and O–H groups in total. The summed E-state index contributed by atoms with van der Waals surface area (Å²) in [7, 11) is 0. The number of aryl methyl sites for hydroxylation is 2. The number of hydrogen-bond acceptors (Lipinski definition) is 3. The van der Waals surface area contributed by atoms with Crippen molar-refractivity contribution in [1.82, 2.24) is 20.1 Å². The highest BCUT2D eigenvalue weighted by atomic mass is 19.1. The average molecular weight is 324 g/mol. The van der Waals surface area contributed by atoms with Gasteiger partial charge in [0.25, 0.3) is 5.91 Å². The van der Waals surface area contributed by atoms with E-state index in [9.17, 15) is 9.18 Å². The van der Waals surface area contributed by atoms with Crippen LogP contribution in [0, 0.1) is 19.7 Å². The summed E-state index contributed by atoms with van der Waals surface area (Å²) in [5.41, 5.74) is 2.73. The molecule has 0 saturated heterocycles. The van der Waals surface area contributed by atoms with Crippen molar-refractivity contribution in [3.63, 3.8) is 0 Å². The fourth-order valence-corrected chi connectivity index (χ4v) is 2.43. The van der Waals surface area contributed by atoms with E-state index < -0.39 is 0 Å². The summed E-state index contributed by atoms with van der Waals surface area (Å²) in [5.74, 6) is 0.00715. The van der Waals surface area contributed by atoms with Gasteiger partial charge in [-0.15, -0.1) is 0 Å². The van der Waals surface area contributed by atoms with Gasteiger partial charge in [0.05, 0.1) is 11.3 Å². The third kappa shape index (κ3) is 3.32. The lowest BCUT2D eigenvalue weighted by Gasteiger charge is -2.07. The van der Waals surface area contributed by atoms with Gasteiger partial charge in [0.15, 0.2) is 5.82 Å². The predicted molar refractivity (Wildman–Crippen MR) is 88.4 cm³/mol. The summed E-state index contributed by atoms with van der Waals surface area (Å²) < 4.78 is 15.3. The molecule has 24 heavy (non-hydrogen) atoms. The summed E-state index contributed by atoms with van der Waals surface area (Å²) in [4.78, 5) is 16.4. The van der Waals surface area contributed by atoms with Crippen molar-refractivity contribution in [1.29, 1.82) is 0 Å². The molecule has 0 radical (unpaired) electrons. The molecule has 3 rings (SSSR count). The molecule has 0 saturated carbocycles. The number of nitrogens with zero attached hydrogens (tertiary/aromatic N) is 3. The van der Waals surface area contributed by atoms with Crippen LogP contribution in [0.1, 0.15) is 27.3 Å². The average Bonchev–Trinajstić information content (AvgIpc) is 2.92. The van der Waals surface area contributed by atoms with Crippen LogP contribution in [0.2, 0.25) is 0 Å². The molecule has 6 heteroatoms. The number of rotatable bonds is 4. The highest BCUT2D eigenvalue weighted by Crippen LogP contribution is 2.11. The molecule has 1 amide bonds. The van der Waals surface area contributed by atoms with Crippen LogP contribution in [0.3, 0.4) is 0 Å². The van der Waals surface area contributed by atoms with Crippen LogP contribution in [-0.4, -0.2) is 20.7 Å². The molecule has 0 atom stereocenters. The van der Waals surface area contributed by atoms with Crippen molar-refractivity contribution in [2.45, 2.75) is 20.4 Å². The molecule has 0 unspecified atom stereocenters. The molecule has 2 heterocycles. The van der Waals surface area contributed by atoms with Crippen LogP contribution < -0.4 is 5.32 Å². The van der Waals surface area contributed by atoms with Gasteiger partial charge >= 0.3 is 0 Å². The monoisotopic (exact) mass is 324 g/mol. The Morgan fingerprint density at radius 1 is 1.21 bits per heavy atom. The van der Waals surface area contributed by atoms with Gasteiger partial charge in [-0.1, -0.05) is 18.2 Å². The van der Waals surface area contributed by atoms with Gasteiger partial charge in [-0.25, -0.2) is 14.1 Å². The predicted octanol–water partition coefficient (Wildman–Crippen LogP) is 2.95. The quantitative estimate of drug-likeness (QED) is 0.803. The summed E-state index contributed by atoms with van der Waals surface area (Å²) in [5, 5.41) is 7.04. The van der Waals surface area contributed by atoms with Crippen LogP contribution in [0.4, 0.5) is 4.39 Å². The van der Waals surface area contributed by atoms with Crippen LogP contribution >= 0.6 is 0 Å². The van der Waals surface area contributed by atoms with Gasteiger partial charge in [0.1, 0.15) is 5.82 Å². The number of carbonyl (C=O) groups excluding carboxylic acids is 1. The first-order chi connectivity index (χ1) is 11.5. The topological polar surface area (TPSA) is 59.8 Å². The van der Waals surface area contributed by atoms with E-state index in [2.05, 4.69) is 15.4 Å². The molecular weight excluding hydrogens is 307 g/mol. The Bertz CT molecular complexity index is 871. The van der Waals surface area contributed by atoms with E-state index in [0.717, 1.165) is 11.4 Å². The van der Waals surface area contributed by atoms with Crippen molar-refractivity contribution < 1.29 is 9.18 Å². The largest absolute Gasteiger partial charge is 0.348 e. The second-order valence-electron chi connectivity index (χ2n) is 5.52. The Kier molecular flexibility index (Phi) is 4.37. The summed E-state index contributed by atoms with van der Waals surface area (Å²) in [6, 6.07) is 11.7. The van der Waals surface area contributed by atoms with Crippen molar-refractivity contribution >= 4 is 5.91 Å². The van der Waals surface area contributed by atoms with E-state index >= 15 is 0 Å². The lowest BCUT2D eigenvalue weighted by atomic mass is 10.2. The molecule has 2 aromatic heterocycles. The molecule has 3 aromatic rings. The standard InChI is InChI=1S/C18H17FN4O/c1-12-9-13(2)23(22-12)17-8-7-15(11-20-17)18(24)21-10-14-5-3-4-6-16(14)19/h3-9,11H,10H2,1-2H3,(H,21,24). The van der Waals surface area contributed by atoms with Gasteiger partial charge in [0.2, 0.25) is 0 Å². The lowest BCUT2D eigenvalue weighted by Crippen LogP contribution is -2.23. The molecule has 122 valence electrons. The molecule has 0 spiro atoms. The number of carbonyl (C=O) groups is 1. The van der Waals surface area contributed by atoms with Crippen LogP contribution in [0.25, 0.3) is 5.82 Å². The smallest absolute Gasteiger partial charge is 0.253 e. The van der Waals surface area contributed by atoms with Crippen molar-refractivity contribution in [3.8, 4) is 5.82 Å². The number of hydrogen-bond donors (Lipinski definition) is 1. The zero-order valence-corrected chi connectivity index (χ0v) is 13.5. The lowest BCUT2D eigenvalue weighted by molar-refractivity contribution is 0.0950.